The van der Waals surface area contributed by atoms with Crippen molar-refractivity contribution >= 4 is 44.9 Å². The second kappa shape index (κ2) is 19.2. The van der Waals surface area contributed by atoms with E-state index in [9.17, 15) is 30.6 Å². The molecule has 0 spiro atoms. The Hall–Kier alpha value is -10.1. The predicted molar refractivity (Wildman–Crippen MR) is 273 cm³/mol. The molecule has 2 amide bonds. The molecule has 0 bridgehead atoms. The van der Waals surface area contributed by atoms with Gasteiger partial charge in [0.15, 0.2) is 0 Å². The van der Waals surface area contributed by atoms with E-state index in [1.165, 1.54) is 16.0 Å². The van der Waals surface area contributed by atoms with Crippen LogP contribution >= 0.6 is 0 Å². The molecular formula is C61H38N6O2. The van der Waals surface area contributed by atoms with Crippen LogP contribution in [0.15, 0.2) is 207 Å². The lowest BCUT2D eigenvalue weighted by atomic mass is 9.97. The van der Waals surface area contributed by atoms with Crippen LogP contribution in [0.25, 0.3) is 66.4 Å². The van der Waals surface area contributed by atoms with Gasteiger partial charge in [-0.05, 0) is 136 Å². The SMILES string of the molecule is C=C/C=C(\C=C/C)c1ccccc1.N#Cc1cc(C#N)cc(-c2ccc3c(c2)c2cc(-c4cc(C#N)cc(C#N)c4)ccc2n3-c2cccc3c2C(=O)N(c2ccc(-c4ccccc4)cc2)C3=O)c1. The van der Waals surface area contributed by atoms with Gasteiger partial charge in [-0.1, -0.05) is 122 Å². The maximum atomic E-state index is 14.5. The summed E-state index contributed by atoms with van der Waals surface area (Å²) in [5, 5.41) is 40.4. The van der Waals surface area contributed by atoms with Gasteiger partial charge < -0.3 is 4.57 Å². The molecule has 1 aliphatic rings. The third-order valence-electron chi connectivity index (χ3n) is 11.9. The average Bonchev–Trinajstić information content (AvgIpc) is 3.87. The third kappa shape index (κ3) is 8.49. The number of carbonyl (C=O) groups is 2. The molecule has 0 fully saturated rings. The molecule has 10 rings (SSSR count). The maximum Gasteiger partial charge on any atom is 0.268 e. The summed E-state index contributed by atoms with van der Waals surface area (Å²) in [5.41, 5.74) is 11.8. The first-order valence-corrected chi connectivity index (χ1v) is 22.0. The predicted octanol–water partition coefficient (Wildman–Crippen LogP) is 13.9. The minimum Gasteiger partial charge on any atom is -0.308 e. The highest BCUT2D eigenvalue weighted by molar-refractivity contribution is 6.36. The second-order valence-electron chi connectivity index (χ2n) is 16.1. The highest BCUT2D eigenvalue weighted by atomic mass is 16.2. The zero-order valence-electron chi connectivity index (χ0n) is 37.3. The topological polar surface area (TPSA) is 137 Å². The number of hydrogen-bond donors (Lipinski definition) is 0. The number of anilines is 1. The fraction of sp³-hybridized carbons (Fsp3) is 0.0164. The van der Waals surface area contributed by atoms with Gasteiger partial charge in [-0.3, -0.25) is 9.59 Å². The Morgan fingerprint density at radius 3 is 1.49 bits per heavy atom. The summed E-state index contributed by atoms with van der Waals surface area (Å²) in [4.78, 5) is 29.7. The maximum absolute atomic E-state index is 14.5. The molecule has 0 unspecified atom stereocenters. The molecule has 8 heteroatoms. The van der Waals surface area contributed by atoms with Crippen LogP contribution in [0.4, 0.5) is 5.69 Å². The number of hydrogen-bond acceptors (Lipinski definition) is 6. The monoisotopic (exact) mass is 886 g/mol. The van der Waals surface area contributed by atoms with Gasteiger partial charge >= 0.3 is 0 Å². The molecule has 0 atom stereocenters. The van der Waals surface area contributed by atoms with Crippen molar-refractivity contribution in [1.82, 2.24) is 4.57 Å². The number of rotatable bonds is 8. The number of carbonyl (C=O) groups excluding carboxylic acids is 2. The molecule has 1 aliphatic heterocycles. The van der Waals surface area contributed by atoms with Crippen LogP contribution in [-0.4, -0.2) is 16.4 Å². The minimum atomic E-state index is -0.439. The highest BCUT2D eigenvalue weighted by Gasteiger charge is 2.39. The first kappa shape index (κ1) is 44.1. The van der Waals surface area contributed by atoms with Gasteiger partial charge in [0.1, 0.15) is 0 Å². The Bertz CT molecular complexity index is 3580. The summed E-state index contributed by atoms with van der Waals surface area (Å²) in [5.74, 6) is -0.855. The molecule has 0 radical (unpaired) electrons. The van der Waals surface area contributed by atoms with Crippen LogP contribution in [0, 0.1) is 45.3 Å². The molecule has 0 saturated heterocycles. The molecule has 69 heavy (non-hydrogen) atoms. The van der Waals surface area contributed by atoms with Crippen molar-refractivity contribution in [3.05, 3.63) is 246 Å². The van der Waals surface area contributed by atoms with E-state index in [1.807, 2.05) is 133 Å². The molecular weight excluding hydrogens is 849 g/mol. The van der Waals surface area contributed by atoms with Crippen molar-refractivity contribution in [1.29, 1.82) is 21.0 Å². The molecule has 9 aromatic rings. The number of benzene rings is 8. The molecule has 0 N–H and O–H groups in total. The summed E-state index contributed by atoms with van der Waals surface area (Å²) in [6.07, 6.45) is 7.93. The van der Waals surface area contributed by atoms with E-state index >= 15 is 0 Å². The van der Waals surface area contributed by atoms with Gasteiger partial charge in [-0.15, -0.1) is 0 Å². The van der Waals surface area contributed by atoms with E-state index in [4.69, 9.17) is 0 Å². The minimum absolute atomic E-state index is 0.275. The molecule has 1 aromatic heterocycles. The zero-order chi connectivity index (χ0) is 48.0. The Kier molecular flexibility index (Phi) is 12.2. The van der Waals surface area contributed by atoms with Gasteiger partial charge in [-0.25, -0.2) is 4.90 Å². The van der Waals surface area contributed by atoms with E-state index in [-0.39, 0.29) is 11.1 Å². The van der Waals surface area contributed by atoms with Crippen LogP contribution in [0.5, 0.6) is 0 Å². The summed E-state index contributed by atoms with van der Waals surface area (Å²) >= 11 is 0. The number of imide groups is 1. The van der Waals surface area contributed by atoms with Gasteiger partial charge in [0, 0.05) is 10.8 Å². The Balaban J connectivity index is 0.000000397. The molecule has 2 heterocycles. The normalized spacial score (nSPS) is 11.9. The number of aromatic nitrogens is 1. The van der Waals surface area contributed by atoms with E-state index in [1.54, 1.807) is 60.7 Å². The van der Waals surface area contributed by atoms with Gasteiger partial charge in [-0.2, -0.15) is 21.0 Å². The quantitative estimate of drug-likeness (QED) is 0.110. The standard InChI is InChI=1S/C48H24N6O2.C13H14/c49-25-29-17-30(26-50)20-37(19-29)35-11-15-43-41(23-35)42-24-36(38-21-31(27-51)18-32(22-38)28-52)12-16-44(42)54(43)45-8-4-7-40-46(45)48(56)53(47(40)55)39-13-9-34(10-14-39)33-5-2-1-3-6-33;1-3-8-12(9-4-2)13-10-6-5-7-11-13/h1-24H;3-11H,1H2,2H3/b;9-4-,12-8+. The Morgan fingerprint density at radius 2 is 1.00 bits per heavy atom. The van der Waals surface area contributed by atoms with E-state index in [2.05, 4.69) is 49.1 Å². The average molecular weight is 887 g/mol. The first-order valence-electron chi connectivity index (χ1n) is 22.0. The number of nitrogens with zero attached hydrogens (tertiary/aromatic N) is 6. The summed E-state index contributed by atoms with van der Waals surface area (Å²) < 4.78 is 1.98. The van der Waals surface area contributed by atoms with Crippen molar-refractivity contribution in [3.8, 4) is 63.3 Å². The molecule has 8 nitrogen and oxygen atoms in total. The number of nitriles is 4. The van der Waals surface area contributed by atoms with Gasteiger partial charge in [0.2, 0.25) is 0 Å². The summed E-state index contributed by atoms with van der Waals surface area (Å²) in [6, 6.07) is 63.0. The van der Waals surface area contributed by atoms with Crippen LogP contribution < -0.4 is 4.90 Å². The van der Waals surface area contributed by atoms with Crippen molar-refractivity contribution in [2.45, 2.75) is 6.92 Å². The molecule has 324 valence electrons. The van der Waals surface area contributed by atoms with Crippen molar-refractivity contribution in [2.24, 2.45) is 0 Å². The largest absolute Gasteiger partial charge is 0.308 e. The summed E-state index contributed by atoms with van der Waals surface area (Å²) in [6.45, 7) is 5.71. The lowest BCUT2D eigenvalue weighted by Gasteiger charge is -2.15. The molecule has 0 saturated carbocycles. The molecule has 8 aromatic carbocycles. The fourth-order valence-corrected chi connectivity index (χ4v) is 8.80. The van der Waals surface area contributed by atoms with Gasteiger partial charge in [0.05, 0.1) is 80.1 Å². The van der Waals surface area contributed by atoms with Crippen LogP contribution in [-0.2, 0) is 0 Å². The Labute approximate surface area is 399 Å². The zero-order valence-corrected chi connectivity index (χ0v) is 37.3. The first-order chi connectivity index (χ1) is 33.8. The highest BCUT2D eigenvalue weighted by Crippen LogP contribution is 2.41. The summed E-state index contributed by atoms with van der Waals surface area (Å²) in [7, 11) is 0. The van der Waals surface area contributed by atoms with E-state index in [0.717, 1.165) is 44.1 Å². The smallest absolute Gasteiger partial charge is 0.268 e. The van der Waals surface area contributed by atoms with E-state index in [0.29, 0.717) is 44.8 Å². The second-order valence-corrected chi connectivity index (χ2v) is 16.1. The van der Waals surface area contributed by atoms with Crippen molar-refractivity contribution in [3.63, 3.8) is 0 Å². The van der Waals surface area contributed by atoms with E-state index < -0.39 is 11.8 Å². The Morgan fingerprint density at radius 1 is 0.507 bits per heavy atom. The van der Waals surface area contributed by atoms with Crippen molar-refractivity contribution in [2.75, 3.05) is 4.90 Å². The van der Waals surface area contributed by atoms with Crippen LogP contribution in [0.2, 0.25) is 0 Å². The van der Waals surface area contributed by atoms with Crippen LogP contribution in [0.1, 0.15) is 55.5 Å². The third-order valence-corrected chi connectivity index (χ3v) is 11.9. The number of amides is 2. The fourth-order valence-electron chi connectivity index (χ4n) is 8.80. The number of allylic oxidation sites excluding steroid dienone is 5. The van der Waals surface area contributed by atoms with Gasteiger partial charge in [0.25, 0.3) is 11.8 Å². The molecule has 0 aliphatic carbocycles. The van der Waals surface area contributed by atoms with Crippen LogP contribution in [0.3, 0.4) is 0 Å². The lowest BCUT2D eigenvalue weighted by Crippen LogP contribution is -2.29. The van der Waals surface area contributed by atoms with Crippen molar-refractivity contribution < 1.29 is 9.59 Å². The number of fused-ring (bicyclic) bond motifs is 4. The lowest BCUT2D eigenvalue weighted by molar-refractivity contribution is 0.0926.